The van der Waals surface area contributed by atoms with Gasteiger partial charge in [-0.2, -0.15) is 0 Å². The highest BCUT2D eigenvalue weighted by Crippen LogP contribution is 2.24. The molecule has 0 aliphatic heterocycles. The van der Waals surface area contributed by atoms with E-state index in [1.165, 1.54) is 0 Å². The lowest BCUT2D eigenvalue weighted by Crippen LogP contribution is -2.00. The van der Waals surface area contributed by atoms with E-state index in [0.29, 0.717) is 18.2 Å². The van der Waals surface area contributed by atoms with Crippen molar-refractivity contribution in [2.75, 3.05) is 7.11 Å². The van der Waals surface area contributed by atoms with E-state index < -0.39 is 0 Å². The van der Waals surface area contributed by atoms with Crippen molar-refractivity contribution in [1.29, 1.82) is 0 Å². The van der Waals surface area contributed by atoms with Gasteiger partial charge in [-0.3, -0.25) is 0 Å². The number of rotatable bonds is 5. The van der Waals surface area contributed by atoms with E-state index in [-0.39, 0.29) is 6.61 Å². The van der Waals surface area contributed by atoms with E-state index in [4.69, 9.17) is 9.47 Å². The monoisotopic (exact) mass is 323 g/mol. The standard InChI is InChI=1S/C14H14BrNO3/c1-18-14-10(3-2-6-16-14)9-19-12-4-5-13(15)11(7-12)8-17/h2-7,17H,8-9H2,1H3. The second kappa shape index (κ2) is 6.54. The number of hydrogen-bond donors (Lipinski definition) is 1. The number of aliphatic hydroxyl groups excluding tert-OH is 1. The summed E-state index contributed by atoms with van der Waals surface area (Å²) in [5.41, 5.74) is 1.66. The molecule has 1 N–H and O–H groups in total. The zero-order valence-corrected chi connectivity index (χ0v) is 12.1. The quantitative estimate of drug-likeness (QED) is 0.919. The molecule has 0 aliphatic carbocycles. The molecular weight excluding hydrogens is 310 g/mol. The van der Waals surface area contributed by atoms with Crippen molar-refractivity contribution >= 4 is 15.9 Å². The second-order valence-electron chi connectivity index (χ2n) is 3.87. The first-order valence-electron chi connectivity index (χ1n) is 5.74. The molecule has 5 heteroatoms. The number of benzene rings is 1. The van der Waals surface area contributed by atoms with Crippen molar-refractivity contribution in [1.82, 2.24) is 4.98 Å². The van der Waals surface area contributed by atoms with E-state index in [9.17, 15) is 5.11 Å². The minimum absolute atomic E-state index is 0.0337. The molecule has 1 heterocycles. The van der Waals surface area contributed by atoms with E-state index in [1.807, 2.05) is 24.3 Å². The zero-order valence-electron chi connectivity index (χ0n) is 10.5. The van der Waals surface area contributed by atoms with Gasteiger partial charge in [-0.05, 0) is 35.9 Å². The van der Waals surface area contributed by atoms with Crippen LogP contribution in [0.15, 0.2) is 41.0 Å². The molecule has 0 fully saturated rings. The molecule has 0 saturated carbocycles. The Morgan fingerprint density at radius 2 is 2.11 bits per heavy atom. The van der Waals surface area contributed by atoms with Crippen LogP contribution >= 0.6 is 15.9 Å². The number of nitrogens with zero attached hydrogens (tertiary/aromatic N) is 1. The number of methoxy groups -OCH3 is 1. The zero-order chi connectivity index (χ0) is 13.7. The highest BCUT2D eigenvalue weighted by molar-refractivity contribution is 9.10. The minimum Gasteiger partial charge on any atom is -0.489 e. The van der Waals surface area contributed by atoms with Crippen molar-refractivity contribution < 1.29 is 14.6 Å². The Morgan fingerprint density at radius 3 is 2.84 bits per heavy atom. The lowest BCUT2D eigenvalue weighted by molar-refractivity contribution is 0.275. The smallest absolute Gasteiger partial charge is 0.219 e. The predicted octanol–water partition coefficient (Wildman–Crippen LogP) is 2.92. The van der Waals surface area contributed by atoms with Gasteiger partial charge in [0.1, 0.15) is 12.4 Å². The Kier molecular flexibility index (Phi) is 4.76. The molecule has 100 valence electrons. The Bertz CT molecular complexity index is 560. The third kappa shape index (κ3) is 3.45. The van der Waals surface area contributed by atoms with Gasteiger partial charge in [-0.25, -0.2) is 4.98 Å². The van der Waals surface area contributed by atoms with Gasteiger partial charge in [0.25, 0.3) is 0 Å². The van der Waals surface area contributed by atoms with Crippen LogP contribution in [0.2, 0.25) is 0 Å². The maximum atomic E-state index is 9.19. The van der Waals surface area contributed by atoms with Crippen molar-refractivity contribution in [3.8, 4) is 11.6 Å². The van der Waals surface area contributed by atoms with Gasteiger partial charge in [0, 0.05) is 10.7 Å². The van der Waals surface area contributed by atoms with Crippen molar-refractivity contribution in [3.63, 3.8) is 0 Å². The molecule has 2 aromatic rings. The Hall–Kier alpha value is -1.59. The summed E-state index contributed by atoms with van der Waals surface area (Å²) in [6.45, 7) is 0.331. The van der Waals surface area contributed by atoms with Gasteiger partial charge in [0.05, 0.1) is 19.3 Å². The van der Waals surface area contributed by atoms with Crippen LogP contribution in [-0.2, 0) is 13.2 Å². The van der Waals surface area contributed by atoms with Crippen molar-refractivity contribution in [2.24, 2.45) is 0 Å². The average molecular weight is 324 g/mol. The van der Waals surface area contributed by atoms with E-state index >= 15 is 0 Å². The van der Waals surface area contributed by atoms with Crippen LogP contribution in [0.1, 0.15) is 11.1 Å². The highest BCUT2D eigenvalue weighted by Gasteiger charge is 2.05. The van der Waals surface area contributed by atoms with Crippen LogP contribution in [0.4, 0.5) is 0 Å². The molecule has 0 spiro atoms. The number of halogens is 1. The largest absolute Gasteiger partial charge is 0.489 e. The number of pyridine rings is 1. The molecule has 0 unspecified atom stereocenters. The average Bonchev–Trinajstić information content (AvgIpc) is 2.46. The summed E-state index contributed by atoms with van der Waals surface area (Å²) in [7, 11) is 1.58. The third-order valence-electron chi connectivity index (χ3n) is 2.63. The fourth-order valence-corrected chi connectivity index (χ4v) is 2.01. The topological polar surface area (TPSA) is 51.6 Å². The summed E-state index contributed by atoms with van der Waals surface area (Å²) >= 11 is 3.36. The summed E-state index contributed by atoms with van der Waals surface area (Å²) in [6.07, 6.45) is 1.67. The van der Waals surface area contributed by atoms with E-state index in [2.05, 4.69) is 20.9 Å². The summed E-state index contributed by atoms with van der Waals surface area (Å²) in [6, 6.07) is 9.22. The molecule has 2 rings (SSSR count). The number of aromatic nitrogens is 1. The minimum atomic E-state index is -0.0337. The predicted molar refractivity (Wildman–Crippen MR) is 75.2 cm³/mol. The van der Waals surface area contributed by atoms with Gasteiger partial charge in [0.15, 0.2) is 0 Å². The Balaban J connectivity index is 2.10. The van der Waals surface area contributed by atoms with Crippen molar-refractivity contribution in [3.05, 3.63) is 52.1 Å². The van der Waals surface area contributed by atoms with Gasteiger partial charge in [-0.15, -0.1) is 0 Å². The normalized spacial score (nSPS) is 10.3. The van der Waals surface area contributed by atoms with E-state index in [1.54, 1.807) is 19.4 Å². The maximum Gasteiger partial charge on any atom is 0.219 e. The Labute approximate surface area is 120 Å². The summed E-state index contributed by atoms with van der Waals surface area (Å²) in [4.78, 5) is 4.11. The molecular formula is C14H14BrNO3. The lowest BCUT2D eigenvalue weighted by Gasteiger charge is -2.10. The van der Waals surface area contributed by atoms with Gasteiger partial charge >= 0.3 is 0 Å². The number of hydrogen-bond acceptors (Lipinski definition) is 4. The van der Waals surface area contributed by atoms with Crippen LogP contribution in [0.3, 0.4) is 0 Å². The SMILES string of the molecule is COc1ncccc1COc1ccc(Br)c(CO)c1. The fraction of sp³-hybridized carbons (Fsp3) is 0.214. The van der Waals surface area contributed by atoms with Crippen LogP contribution in [0, 0.1) is 0 Å². The number of ether oxygens (including phenoxy) is 2. The molecule has 0 radical (unpaired) electrons. The van der Waals surface area contributed by atoms with Crippen molar-refractivity contribution in [2.45, 2.75) is 13.2 Å². The second-order valence-corrected chi connectivity index (χ2v) is 4.73. The molecule has 0 aliphatic rings. The van der Waals surface area contributed by atoms with Gasteiger partial charge in [-0.1, -0.05) is 15.9 Å². The summed E-state index contributed by atoms with van der Waals surface area (Å²) in [5, 5.41) is 9.19. The van der Waals surface area contributed by atoms with Gasteiger partial charge in [0.2, 0.25) is 5.88 Å². The van der Waals surface area contributed by atoms with Crippen LogP contribution in [0.5, 0.6) is 11.6 Å². The molecule has 4 nitrogen and oxygen atoms in total. The third-order valence-corrected chi connectivity index (χ3v) is 3.40. The first kappa shape index (κ1) is 13.8. The van der Waals surface area contributed by atoms with Crippen LogP contribution in [-0.4, -0.2) is 17.2 Å². The first-order chi connectivity index (χ1) is 9.24. The van der Waals surface area contributed by atoms with E-state index in [0.717, 1.165) is 15.6 Å². The lowest BCUT2D eigenvalue weighted by atomic mass is 10.2. The molecule has 19 heavy (non-hydrogen) atoms. The first-order valence-corrected chi connectivity index (χ1v) is 6.54. The molecule has 0 atom stereocenters. The van der Waals surface area contributed by atoms with Crippen LogP contribution < -0.4 is 9.47 Å². The molecule has 0 bridgehead atoms. The molecule has 1 aromatic carbocycles. The van der Waals surface area contributed by atoms with Gasteiger partial charge < -0.3 is 14.6 Å². The molecule has 0 amide bonds. The summed E-state index contributed by atoms with van der Waals surface area (Å²) in [5.74, 6) is 1.25. The molecule has 1 aromatic heterocycles. The highest BCUT2D eigenvalue weighted by atomic mass is 79.9. The maximum absolute atomic E-state index is 9.19. The Morgan fingerprint density at radius 1 is 1.26 bits per heavy atom. The number of aliphatic hydroxyl groups is 1. The fourth-order valence-electron chi connectivity index (χ4n) is 1.64. The van der Waals surface area contributed by atoms with Crippen LogP contribution in [0.25, 0.3) is 0 Å². The summed E-state index contributed by atoms with van der Waals surface area (Å²) < 4.78 is 11.7. The molecule has 0 saturated heterocycles.